The molecule has 0 aliphatic heterocycles. The van der Waals surface area contributed by atoms with Crippen molar-refractivity contribution in [3.8, 4) is 0 Å². The first-order valence-corrected chi connectivity index (χ1v) is 4.24. The van der Waals surface area contributed by atoms with Gasteiger partial charge in [0, 0.05) is 20.0 Å². The quantitative estimate of drug-likeness (QED) is 0.608. The van der Waals surface area contributed by atoms with E-state index in [1.54, 1.807) is 13.2 Å². The number of amides is 1. The molecule has 0 radical (unpaired) electrons. The maximum atomic E-state index is 10.9. The molecule has 76 valence electrons. The van der Waals surface area contributed by atoms with E-state index in [1.807, 2.05) is 0 Å². The smallest absolute Gasteiger partial charge is 0.221 e. The monoisotopic (exact) mass is 195 g/mol. The summed E-state index contributed by atoms with van der Waals surface area (Å²) in [5, 5.41) is 5.46. The average molecular weight is 195 g/mol. The molecule has 1 aromatic heterocycles. The van der Waals surface area contributed by atoms with Crippen LogP contribution < -0.4 is 16.4 Å². The Balaban J connectivity index is 2.35. The van der Waals surface area contributed by atoms with Gasteiger partial charge in [-0.05, 0) is 0 Å². The number of nitrogens with one attached hydrogen (secondary N) is 2. The molecule has 0 saturated heterocycles. The van der Waals surface area contributed by atoms with Crippen molar-refractivity contribution in [2.75, 3.05) is 24.6 Å². The van der Waals surface area contributed by atoms with Crippen LogP contribution in [0.5, 0.6) is 0 Å². The van der Waals surface area contributed by atoms with Gasteiger partial charge in [0.15, 0.2) is 0 Å². The van der Waals surface area contributed by atoms with Gasteiger partial charge in [-0.3, -0.25) is 9.78 Å². The topological polar surface area (TPSA) is 92.9 Å². The molecule has 0 spiro atoms. The molecule has 0 aromatic carbocycles. The highest BCUT2D eigenvalue weighted by Crippen LogP contribution is 2.02. The standard InChI is InChI=1S/C8H13N5O/c1-10-8(14)2-3-12-7-5-11-4-6(9)13-7/h4-5H,2-3H2,1H3,(H,10,14)(H3,9,12,13). The highest BCUT2D eigenvalue weighted by atomic mass is 16.1. The molecule has 4 N–H and O–H groups in total. The number of hydrogen-bond acceptors (Lipinski definition) is 5. The van der Waals surface area contributed by atoms with Gasteiger partial charge in [-0.1, -0.05) is 0 Å². The van der Waals surface area contributed by atoms with E-state index in [1.165, 1.54) is 6.20 Å². The number of carbonyl (C=O) groups is 1. The van der Waals surface area contributed by atoms with E-state index in [0.717, 1.165) is 0 Å². The first-order valence-electron chi connectivity index (χ1n) is 4.24. The van der Waals surface area contributed by atoms with Crippen LogP contribution in [0.1, 0.15) is 6.42 Å². The molecule has 0 aliphatic rings. The van der Waals surface area contributed by atoms with Gasteiger partial charge in [0.1, 0.15) is 11.6 Å². The molecular weight excluding hydrogens is 182 g/mol. The lowest BCUT2D eigenvalue weighted by Gasteiger charge is -2.04. The summed E-state index contributed by atoms with van der Waals surface area (Å²) in [4.78, 5) is 18.7. The average Bonchev–Trinajstić information content (AvgIpc) is 2.17. The number of aromatic nitrogens is 2. The Kier molecular flexibility index (Phi) is 3.66. The minimum atomic E-state index is -0.0191. The number of anilines is 2. The summed E-state index contributed by atoms with van der Waals surface area (Å²) in [5.74, 6) is 0.915. The van der Waals surface area contributed by atoms with E-state index >= 15 is 0 Å². The van der Waals surface area contributed by atoms with E-state index in [0.29, 0.717) is 24.6 Å². The lowest BCUT2D eigenvalue weighted by molar-refractivity contribution is -0.120. The van der Waals surface area contributed by atoms with Gasteiger partial charge in [0.2, 0.25) is 5.91 Å². The molecule has 6 nitrogen and oxygen atoms in total. The molecule has 1 amide bonds. The first kappa shape index (κ1) is 10.2. The molecular formula is C8H13N5O. The molecule has 0 fully saturated rings. The Morgan fingerprint density at radius 3 is 3.00 bits per heavy atom. The third-order valence-electron chi connectivity index (χ3n) is 1.59. The number of nitrogen functional groups attached to an aromatic ring is 1. The van der Waals surface area contributed by atoms with Crippen LogP contribution in [0.25, 0.3) is 0 Å². The van der Waals surface area contributed by atoms with Crippen LogP contribution >= 0.6 is 0 Å². The van der Waals surface area contributed by atoms with Gasteiger partial charge in [-0.2, -0.15) is 0 Å². The lowest BCUT2D eigenvalue weighted by atomic mass is 10.4. The third-order valence-corrected chi connectivity index (χ3v) is 1.59. The summed E-state index contributed by atoms with van der Waals surface area (Å²) in [6, 6.07) is 0. The largest absolute Gasteiger partial charge is 0.382 e. The van der Waals surface area contributed by atoms with Crippen molar-refractivity contribution in [2.45, 2.75) is 6.42 Å². The molecule has 0 saturated carbocycles. The van der Waals surface area contributed by atoms with E-state index in [2.05, 4.69) is 20.6 Å². The highest BCUT2D eigenvalue weighted by molar-refractivity contribution is 5.76. The molecule has 0 unspecified atom stereocenters. The van der Waals surface area contributed by atoms with Crippen molar-refractivity contribution in [1.29, 1.82) is 0 Å². The summed E-state index contributed by atoms with van der Waals surface area (Å²) >= 11 is 0. The van der Waals surface area contributed by atoms with Gasteiger partial charge in [-0.25, -0.2) is 4.98 Å². The SMILES string of the molecule is CNC(=O)CCNc1cncc(N)n1. The van der Waals surface area contributed by atoms with E-state index in [9.17, 15) is 4.79 Å². The molecule has 14 heavy (non-hydrogen) atoms. The van der Waals surface area contributed by atoms with Crippen molar-refractivity contribution in [3.05, 3.63) is 12.4 Å². The van der Waals surface area contributed by atoms with Crippen LogP contribution in [-0.4, -0.2) is 29.5 Å². The minimum absolute atomic E-state index is 0.0191. The van der Waals surface area contributed by atoms with Crippen LogP contribution in [0.3, 0.4) is 0 Å². The summed E-state index contributed by atoms with van der Waals surface area (Å²) < 4.78 is 0. The Hall–Kier alpha value is -1.85. The van der Waals surface area contributed by atoms with Crippen molar-refractivity contribution < 1.29 is 4.79 Å². The van der Waals surface area contributed by atoms with E-state index < -0.39 is 0 Å². The van der Waals surface area contributed by atoms with Gasteiger partial charge in [0.05, 0.1) is 12.4 Å². The Bertz CT molecular complexity index is 314. The van der Waals surface area contributed by atoms with E-state index in [-0.39, 0.29) is 5.91 Å². The number of rotatable bonds is 4. The van der Waals surface area contributed by atoms with Crippen LogP contribution in [-0.2, 0) is 4.79 Å². The molecule has 1 rings (SSSR count). The predicted octanol–water partition coefficient (Wildman–Crippen LogP) is -0.393. The van der Waals surface area contributed by atoms with Crippen molar-refractivity contribution in [2.24, 2.45) is 0 Å². The third kappa shape index (κ3) is 3.26. The number of hydrogen-bond donors (Lipinski definition) is 3. The lowest BCUT2D eigenvalue weighted by Crippen LogP contribution is -2.21. The molecule has 0 bridgehead atoms. The zero-order valence-electron chi connectivity index (χ0n) is 7.95. The maximum Gasteiger partial charge on any atom is 0.221 e. The van der Waals surface area contributed by atoms with Crippen LogP contribution in [0, 0.1) is 0 Å². The number of nitrogens with two attached hydrogens (primary N) is 1. The second kappa shape index (κ2) is 5.00. The number of carbonyl (C=O) groups excluding carboxylic acids is 1. The van der Waals surface area contributed by atoms with Crippen LogP contribution in [0.2, 0.25) is 0 Å². The van der Waals surface area contributed by atoms with Crippen molar-refractivity contribution in [3.63, 3.8) is 0 Å². The summed E-state index contributed by atoms with van der Waals surface area (Å²) in [7, 11) is 1.60. The maximum absolute atomic E-state index is 10.9. The Morgan fingerprint density at radius 2 is 2.36 bits per heavy atom. The zero-order chi connectivity index (χ0) is 10.4. The van der Waals surface area contributed by atoms with Crippen molar-refractivity contribution >= 4 is 17.5 Å². The Morgan fingerprint density at radius 1 is 1.57 bits per heavy atom. The fraction of sp³-hybridized carbons (Fsp3) is 0.375. The van der Waals surface area contributed by atoms with E-state index in [4.69, 9.17) is 5.73 Å². The summed E-state index contributed by atoms with van der Waals surface area (Å²) in [6.45, 7) is 0.512. The minimum Gasteiger partial charge on any atom is -0.382 e. The fourth-order valence-electron chi connectivity index (χ4n) is 0.895. The van der Waals surface area contributed by atoms with Gasteiger partial charge in [0.25, 0.3) is 0 Å². The van der Waals surface area contributed by atoms with Gasteiger partial charge in [-0.15, -0.1) is 0 Å². The molecule has 0 aliphatic carbocycles. The molecule has 0 atom stereocenters. The number of nitrogens with zero attached hydrogens (tertiary/aromatic N) is 2. The van der Waals surface area contributed by atoms with Crippen molar-refractivity contribution in [1.82, 2.24) is 15.3 Å². The molecule has 1 heterocycles. The van der Waals surface area contributed by atoms with Gasteiger partial charge >= 0.3 is 0 Å². The summed E-state index contributed by atoms with van der Waals surface area (Å²) in [5.41, 5.74) is 5.42. The highest BCUT2D eigenvalue weighted by Gasteiger charge is 1.98. The Labute approximate surface area is 81.9 Å². The normalized spacial score (nSPS) is 9.50. The second-order valence-electron chi connectivity index (χ2n) is 2.68. The fourth-order valence-corrected chi connectivity index (χ4v) is 0.895. The van der Waals surface area contributed by atoms with Crippen LogP contribution in [0.4, 0.5) is 11.6 Å². The molecule has 1 aromatic rings. The summed E-state index contributed by atoms with van der Waals surface area (Å²) in [6.07, 6.45) is 3.41. The first-order chi connectivity index (χ1) is 6.72. The predicted molar refractivity (Wildman–Crippen MR) is 53.6 cm³/mol. The van der Waals surface area contributed by atoms with Gasteiger partial charge < -0.3 is 16.4 Å². The second-order valence-corrected chi connectivity index (χ2v) is 2.68. The molecule has 6 heteroatoms. The zero-order valence-corrected chi connectivity index (χ0v) is 7.95. The van der Waals surface area contributed by atoms with Crippen LogP contribution in [0.15, 0.2) is 12.4 Å².